The van der Waals surface area contributed by atoms with Gasteiger partial charge in [-0.15, -0.1) is 0 Å². The first kappa shape index (κ1) is 15.7. The second-order valence-corrected chi connectivity index (χ2v) is 4.57. The van der Waals surface area contributed by atoms with Crippen molar-refractivity contribution in [3.63, 3.8) is 0 Å². The molecule has 2 N–H and O–H groups in total. The Morgan fingerprint density at radius 2 is 1.84 bits per heavy atom. The lowest BCUT2D eigenvalue weighted by Crippen LogP contribution is -2.19. The molecular weight excluding hydrogens is 240 g/mol. The highest BCUT2D eigenvalue weighted by Gasteiger charge is 2.08. The fourth-order valence-electron chi connectivity index (χ4n) is 1.81. The number of anilines is 2. The zero-order chi connectivity index (χ0) is 14.1. The fraction of sp³-hybridized carbons (Fsp3) is 0.714. The molecule has 0 aliphatic rings. The Morgan fingerprint density at radius 1 is 1.16 bits per heavy atom. The van der Waals surface area contributed by atoms with Crippen LogP contribution in [-0.2, 0) is 11.3 Å². The number of hydrogen-bond donors (Lipinski definition) is 2. The molecular formula is C14H26N4O. The molecule has 0 fully saturated rings. The molecule has 1 aromatic rings. The smallest absolute Gasteiger partial charge is 0.158 e. The van der Waals surface area contributed by atoms with Gasteiger partial charge in [0.25, 0.3) is 0 Å². The number of nitrogens with zero attached hydrogens (tertiary/aromatic N) is 2. The minimum Gasteiger partial charge on any atom is -0.377 e. The molecule has 0 aromatic carbocycles. The van der Waals surface area contributed by atoms with Crippen LogP contribution in [0.3, 0.4) is 0 Å². The largest absolute Gasteiger partial charge is 0.377 e. The predicted molar refractivity (Wildman–Crippen MR) is 79.5 cm³/mol. The molecule has 1 rings (SSSR count). The SMILES string of the molecule is CCCNc1cc(NC(CC)CC)nc(COC)n1. The maximum absolute atomic E-state index is 5.12. The van der Waals surface area contributed by atoms with Gasteiger partial charge in [0.1, 0.15) is 18.2 Å². The monoisotopic (exact) mass is 266 g/mol. The van der Waals surface area contributed by atoms with Crippen molar-refractivity contribution >= 4 is 11.6 Å². The summed E-state index contributed by atoms with van der Waals surface area (Å²) in [7, 11) is 1.66. The van der Waals surface area contributed by atoms with Crippen molar-refractivity contribution in [1.29, 1.82) is 0 Å². The van der Waals surface area contributed by atoms with Gasteiger partial charge in [-0.25, -0.2) is 9.97 Å². The topological polar surface area (TPSA) is 59.1 Å². The summed E-state index contributed by atoms with van der Waals surface area (Å²) in [5.41, 5.74) is 0. The summed E-state index contributed by atoms with van der Waals surface area (Å²) in [5.74, 6) is 2.43. The second kappa shape index (κ2) is 8.69. The fourth-order valence-corrected chi connectivity index (χ4v) is 1.81. The number of hydrogen-bond acceptors (Lipinski definition) is 5. The van der Waals surface area contributed by atoms with Crippen LogP contribution in [0.4, 0.5) is 11.6 Å². The molecule has 19 heavy (non-hydrogen) atoms. The van der Waals surface area contributed by atoms with E-state index in [0.29, 0.717) is 18.5 Å². The highest BCUT2D eigenvalue weighted by molar-refractivity contribution is 5.48. The second-order valence-electron chi connectivity index (χ2n) is 4.57. The van der Waals surface area contributed by atoms with Crippen LogP contribution >= 0.6 is 0 Å². The third kappa shape index (κ3) is 5.42. The van der Waals surface area contributed by atoms with Gasteiger partial charge in [-0.2, -0.15) is 0 Å². The molecule has 5 heteroatoms. The first-order valence-corrected chi connectivity index (χ1v) is 7.10. The molecule has 0 unspecified atom stereocenters. The number of nitrogens with one attached hydrogen (secondary N) is 2. The molecule has 0 amide bonds. The zero-order valence-electron chi connectivity index (χ0n) is 12.5. The van der Waals surface area contributed by atoms with E-state index in [1.807, 2.05) is 6.07 Å². The molecule has 0 aliphatic carbocycles. The van der Waals surface area contributed by atoms with Gasteiger partial charge in [0, 0.05) is 25.8 Å². The number of rotatable bonds is 9. The van der Waals surface area contributed by atoms with E-state index in [9.17, 15) is 0 Å². The molecule has 1 heterocycles. The van der Waals surface area contributed by atoms with Crippen LogP contribution in [0.15, 0.2) is 6.07 Å². The van der Waals surface area contributed by atoms with Crippen molar-refractivity contribution in [2.75, 3.05) is 24.3 Å². The van der Waals surface area contributed by atoms with Gasteiger partial charge in [-0.05, 0) is 19.3 Å². The highest BCUT2D eigenvalue weighted by atomic mass is 16.5. The maximum Gasteiger partial charge on any atom is 0.158 e. The Kier molecular flexibility index (Phi) is 7.18. The lowest BCUT2D eigenvalue weighted by molar-refractivity contribution is 0.178. The van der Waals surface area contributed by atoms with Crippen molar-refractivity contribution in [2.45, 2.75) is 52.7 Å². The first-order chi connectivity index (χ1) is 9.23. The molecule has 0 radical (unpaired) electrons. The van der Waals surface area contributed by atoms with E-state index in [4.69, 9.17) is 4.74 Å². The lowest BCUT2D eigenvalue weighted by Gasteiger charge is -2.17. The standard InChI is InChI=1S/C14H26N4O/c1-5-8-15-12-9-13(16-11(6-2)7-3)18-14(17-12)10-19-4/h9,11H,5-8,10H2,1-4H3,(H2,15,16,17,18). The van der Waals surface area contributed by atoms with Crippen LogP contribution in [-0.4, -0.2) is 29.7 Å². The number of aromatic nitrogens is 2. The Balaban J connectivity index is 2.85. The molecule has 108 valence electrons. The third-order valence-corrected chi connectivity index (χ3v) is 2.94. The van der Waals surface area contributed by atoms with E-state index in [0.717, 1.165) is 37.4 Å². The Hall–Kier alpha value is -1.36. The van der Waals surface area contributed by atoms with E-state index in [1.54, 1.807) is 7.11 Å². The first-order valence-electron chi connectivity index (χ1n) is 7.10. The van der Waals surface area contributed by atoms with E-state index >= 15 is 0 Å². The predicted octanol–water partition coefficient (Wildman–Crippen LogP) is 3.05. The van der Waals surface area contributed by atoms with Crippen LogP contribution in [0.5, 0.6) is 0 Å². The number of methoxy groups -OCH3 is 1. The van der Waals surface area contributed by atoms with Gasteiger partial charge < -0.3 is 15.4 Å². The highest BCUT2D eigenvalue weighted by Crippen LogP contribution is 2.15. The summed E-state index contributed by atoms with van der Waals surface area (Å²) < 4.78 is 5.12. The lowest BCUT2D eigenvalue weighted by atomic mass is 10.2. The van der Waals surface area contributed by atoms with Crippen molar-refractivity contribution in [2.24, 2.45) is 0 Å². The molecule has 0 bridgehead atoms. The molecule has 1 aromatic heterocycles. The molecule has 0 saturated heterocycles. The number of ether oxygens (including phenoxy) is 1. The summed E-state index contributed by atoms with van der Waals surface area (Å²) in [5, 5.41) is 6.74. The van der Waals surface area contributed by atoms with Gasteiger partial charge in [0.05, 0.1) is 0 Å². The van der Waals surface area contributed by atoms with E-state index < -0.39 is 0 Å². The minimum atomic E-state index is 0.430. The molecule has 0 spiro atoms. The van der Waals surface area contributed by atoms with E-state index in [1.165, 1.54) is 0 Å². The van der Waals surface area contributed by atoms with Crippen LogP contribution in [0.1, 0.15) is 45.9 Å². The van der Waals surface area contributed by atoms with Gasteiger partial charge in [0.2, 0.25) is 0 Å². The average Bonchev–Trinajstić information content (AvgIpc) is 2.42. The van der Waals surface area contributed by atoms with Crippen molar-refractivity contribution in [3.05, 3.63) is 11.9 Å². The van der Waals surface area contributed by atoms with Gasteiger partial charge >= 0.3 is 0 Å². The van der Waals surface area contributed by atoms with Gasteiger partial charge in [-0.1, -0.05) is 20.8 Å². The Labute approximate surface area is 116 Å². The maximum atomic E-state index is 5.12. The van der Waals surface area contributed by atoms with Crippen LogP contribution in [0.2, 0.25) is 0 Å². The van der Waals surface area contributed by atoms with Gasteiger partial charge in [-0.3, -0.25) is 0 Å². The zero-order valence-corrected chi connectivity index (χ0v) is 12.5. The molecule has 0 aliphatic heterocycles. The summed E-state index contributed by atoms with van der Waals surface area (Å²) in [6.07, 6.45) is 3.23. The van der Waals surface area contributed by atoms with Gasteiger partial charge in [0.15, 0.2) is 5.82 Å². The summed E-state index contributed by atoms with van der Waals surface area (Å²) in [6, 6.07) is 2.41. The Morgan fingerprint density at radius 3 is 2.42 bits per heavy atom. The van der Waals surface area contributed by atoms with Crippen LogP contribution in [0, 0.1) is 0 Å². The summed E-state index contributed by atoms with van der Waals surface area (Å²) in [6.45, 7) is 7.82. The third-order valence-electron chi connectivity index (χ3n) is 2.94. The van der Waals surface area contributed by atoms with Crippen LogP contribution in [0.25, 0.3) is 0 Å². The van der Waals surface area contributed by atoms with Crippen LogP contribution < -0.4 is 10.6 Å². The average molecular weight is 266 g/mol. The molecule has 5 nitrogen and oxygen atoms in total. The minimum absolute atomic E-state index is 0.430. The normalized spacial score (nSPS) is 10.8. The summed E-state index contributed by atoms with van der Waals surface area (Å²) >= 11 is 0. The Bertz CT molecular complexity index is 366. The summed E-state index contributed by atoms with van der Waals surface area (Å²) in [4.78, 5) is 8.91. The van der Waals surface area contributed by atoms with Crippen molar-refractivity contribution in [1.82, 2.24) is 9.97 Å². The molecule has 0 saturated carbocycles. The van der Waals surface area contributed by atoms with Crippen molar-refractivity contribution in [3.8, 4) is 0 Å². The van der Waals surface area contributed by atoms with E-state index in [-0.39, 0.29) is 0 Å². The van der Waals surface area contributed by atoms with E-state index in [2.05, 4.69) is 41.4 Å². The molecule has 0 atom stereocenters. The van der Waals surface area contributed by atoms with Crippen molar-refractivity contribution < 1.29 is 4.74 Å². The quantitative estimate of drug-likeness (QED) is 0.719.